The maximum atomic E-state index is 12.8. The number of nitrogens with zero attached hydrogens (tertiary/aromatic N) is 3. The van der Waals surface area contributed by atoms with Crippen LogP contribution in [0.4, 0.5) is 4.39 Å². The molecule has 1 fully saturated rings. The van der Waals surface area contributed by atoms with Gasteiger partial charge in [-0.1, -0.05) is 0 Å². The van der Waals surface area contributed by atoms with Crippen LogP contribution in [0.15, 0.2) is 42.9 Å². The molecular weight excluding hydrogens is 285 g/mol. The summed E-state index contributed by atoms with van der Waals surface area (Å²) in [6.07, 6.45) is 5.00. The van der Waals surface area contributed by atoms with Crippen LogP contribution in [0, 0.1) is 5.82 Å². The SMILES string of the molecule is O=C(COc1ccc(F)cc1)N1CCC[C@H]1c1ccncn1. The van der Waals surface area contributed by atoms with Gasteiger partial charge in [-0.25, -0.2) is 14.4 Å². The number of halogens is 1. The van der Waals surface area contributed by atoms with Gasteiger partial charge in [-0.2, -0.15) is 0 Å². The zero-order chi connectivity index (χ0) is 15.4. The molecule has 1 saturated heterocycles. The van der Waals surface area contributed by atoms with Crippen LogP contribution in [0.25, 0.3) is 0 Å². The lowest BCUT2D eigenvalue weighted by Gasteiger charge is -2.24. The molecule has 2 heterocycles. The highest BCUT2D eigenvalue weighted by molar-refractivity contribution is 5.78. The summed E-state index contributed by atoms with van der Waals surface area (Å²) in [5.74, 6) is 0.0556. The van der Waals surface area contributed by atoms with Gasteiger partial charge < -0.3 is 9.64 Å². The first kappa shape index (κ1) is 14.4. The van der Waals surface area contributed by atoms with Crippen LogP contribution < -0.4 is 4.74 Å². The van der Waals surface area contributed by atoms with E-state index in [9.17, 15) is 9.18 Å². The van der Waals surface area contributed by atoms with E-state index in [4.69, 9.17) is 4.74 Å². The number of carbonyl (C=O) groups excluding carboxylic acids is 1. The molecule has 0 spiro atoms. The second kappa shape index (κ2) is 6.51. The molecular formula is C16H16FN3O2. The van der Waals surface area contributed by atoms with Gasteiger partial charge in [0.05, 0.1) is 11.7 Å². The molecule has 114 valence electrons. The van der Waals surface area contributed by atoms with Gasteiger partial charge in [-0.3, -0.25) is 4.79 Å². The number of aromatic nitrogens is 2. The van der Waals surface area contributed by atoms with E-state index in [1.165, 1.54) is 30.6 Å². The Hall–Kier alpha value is -2.50. The van der Waals surface area contributed by atoms with Crippen molar-refractivity contribution in [1.82, 2.24) is 14.9 Å². The third-order valence-electron chi connectivity index (χ3n) is 3.70. The van der Waals surface area contributed by atoms with Gasteiger partial charge in [-0.15, -0.1) is 0 Å². The van der Waals surface area contributed by atoms with Crippen LogP contribution in [0.5, 0.6) is 5.75 Å². The van der Waals surface area contributed by atoms with Crippen LogP contribution in [-0.4, -0.2) is 33.9 Å². The summed E-state index contributed by atoms with van der Waals surface area (Å²) < 4.78 is 18.3. The van der Waals surface area contributed by atoms with Gasteiger partial charge in [0.1, 0.15) is 17.9 Å². The molecule has 0 bridgehead atoms. The summed E-state index contributed by atoms with van der Waals surface area (Å²) in [6.45, 7) is 0.632. The van der Waals surface area contributed by atoms with Crippen molar-refractivity contribution in [3.8, 4) is 5.75 Å². The van der Waals surface area contributed by atoms with E-state index in [-0.39, 0.29) is 24.4 Å². The van der Waals surface area contributed by atoms with E-state index < -0.39 is 0 Å². The highest BCUT2D eigenvalue weighted by Crippen LogP contribution is 2.30. The largest absolute Gasteiger partial charge is 0.484 e. The zero-order valence-corrected chi connectivity index (χ0v) is 12.0. The Bertz CT molecular complexity index is 634. The number of hydrogen-bond donors (Lipinski definition) is 0. The molecule has 6 heteroatoms. The minimum absolute atomic E-state index is 0.0210. The Balaban J connectivity index is 1.62. The summed E-state index contributed by atoms with van der Waals surface area (Å²) in [5.41, 5.74) is 0.850. The number of benzene rings is 1. The molecule has 1 aliphatic rings. The second-order valence-corrected chi connectivity index (χ2v) is 5.12. The van der Waals surface area contributed by atoms with Crippen LogP contribution in [0.3, 0.4) is 0 Å². The number of hydrogen-bond acceptors (Lipinski definition) is 4. The average molecular weight is 301 g/mol. The van der Waals surface area contributed by atoms with Crippen molar-refractivity contribution in [2.45, 2.75) is 18.9 Å². The molecule has 1 amide bonds. The van der Waals surface area contributed by atoms with Gasteiger partial charge in [-0.05, 0) is 43.2 Å². The quantitative estimate of drug-likeness (QED) is 0.870. The van der Waals surface area contributed by atoms with Crippen molar-refractivity contribution in [1.29, 1.82) is 0 Å². The fourth-order valence-electron chi connectivity index (χ4n) is 2.63. The number of ether oxygens (including phenoxy) is 1. The summed E-state index contributed by atoms with van der Waals surface area (Å²) in [7, 11) is 0. The van der Waals surface area contributed by atoms with E-state index in [0.717, 1.165) is 18.5 Å². The molecule has 0 unspecified atom stereocenters. The summed E-state index contributed by atoms with van der Waals surface area (Å²) >= 11 is 0. The lowest BCUT2D eigenvalue weighted by Crippen LogP contribution is -2.34. The normalized spacial score (nSPS) is 17.5. The smallest absolute Gasteiger partial charge is 0.261 e. The predicted octanol–water partition coefficient (Wildman–Crippen LogP) is 2.36. The van der Waals surface area contributed by atoms with E-state index in [1.807, 2.05) is 6.07 Å². The fourth-order valence-corrected chi connectivity index (χ4v) is 2.63. The fraction of sp³-hybridized carbons (Fsp3) is 0.312. The summed E-state index contributed by atoms with van der Waals surface area (Å²) in [6, 6.07) is 7.44. The predicted molar refractivity (Wildman–Crippen MR) is 77.6 cm³/mol. The Kier molecular flexibility index (Phi) is 4.27. The molecule has 0 N–H and O–H groups in total. The van der Waals surface area contributed by atoms with Crippen molar-refractivity contribution in [3.05, 3.63) is 54.4 Å². The zero-order valence-electron chi connectivity index (χ0n) is 12.0. The van der Waals surface area contributed by atoms with Gasteiger partial charge in [0, 0.05) is 12.7 Å². The van der Waals surface area contributed by atoms with Crippen LogP contribution >= 0.6 is 0 Å². The molecule has 0 saturated carbocycles. The Labute approximate surface area is 127 Å². The van der Waals surface area contributed by atoms with Crippen LogP contribution in [0.2, 0.25) is 0 Å². The van der Waals surface area contributed by atoms with Gasteiger partial charge in [0.15, 0.2) is 6.61 Å². The molecule has 5 nitrogen and oxygen atoms in total. The summed E-state index contributed by atoms with van der Waals surface area (Å²) in [4.78, 5) is 22.3. The monoisotopic (exact) mass is 301 g/mol. The van der Waals surface area contributed by atoms with Gasteiger partial charge in [0.2, 0.25) is 0 Å². The number of likely N-dealkylation sites (tertiary alicyclic amines) is 1. The van der Waals surface area contributed by atoms with E-state index >= 15 is 0 Å². The average Bonchev–Trinajstić information content (AvgIpc) is 3.04. The maximum absolute atomic E-state index is 12.8. The van der Waals surface area contributed by atoms with E-state index in [1.54, 1.807) is 11.1 Å². The molecule has 2 aromatic rings. The number of rotatable bonds is 4. The number of amides is 1. The number of carbonyl (C=O) groups is 1. The Morgan fingerprint density at radius 2 is 2.14 bits per heavy atom. The highest BCUT2D eigenvalue weighted by Gasteiger charge is 2.30. The molecule has 1 aromatic heterocycles. The van der Waals surface area contributed by atoms with E-state index in [0.29, 0.717) is 12.3 Å². The first-order valence-electron chi connectivity index (χ1n) is 7.18. The topological polar surface area (TPSA) is 55.3 Å². The van der Waals surface area contributed by atoms with Gasteiger partial charge in [0.25, 0.3) is 5.91 Å². The standard InChI is InChI=1S/C16H16FN3O2/c17-12-3-5-13(6-4-12)22-10-16(21)20-9-1-2-15(20)14-7-8-18-11-19-14/h3-8,11,15H,1-2,9-10H2/t15-/m0/s1. The molecule has 1 aliphatic heterocycles. The lowest BCUT2D eigenvalue weighted by molar-refractivity contribution is -0.134. The van der Waals surface area contributed by atoms with Crippen molar-refractivity contribution in [3.63, 3.8) is 0 Å². The molecule has 3 rings (SSSR count). The molecule has 0 radical (unpaired) electrons. The Morgan fingerprint density at radius 1 is 1.32 bits per heavy atom. The lowest BCUT2D eigenvalue weighted by atomic mass is 10.1. The van der Waals surface area contributed by atoms with Crippen molar-refractivity contribution >= 4 is 5.91 Å². The Morgan fingerprint density at radius 3 is 2.86 bits per heavy atom. The van der Waals surface area contributed by atoms with Crippen molar-refractivity contribution in [2.24, 2.45) is 0 Å². The van der Waals surface area contributed by atoms with E-state index in [2.05, 4.69) is 9.97 Å². The van der Waals surface area contributed by atoms with Crippen LogP contribution in [-0.2, 0) is 4.79 Å². The molecule has 22 heavy (non-hydrogen) atoms. The van der Waals surface area contributed by atoms with Crippen molar-refractivity contribution < 1.29 is 13.9 Å². The highest BCUT2D eigenvalue weighted by atomic mass is 19.1. The minimum Gasteiger partial charge on any atom is -0.484 e. The van der Waals surface area contributed by atoms with Crippen LogP contribution in [0.1, 0.15) is 24.6 Å². The molecule has 1 aromatic carbocycles. The summed E-state index contributed by atoms with van der Waals surface area (Å²) in [5, 5.41) is 0. The minimum atomic E-state index is -0.331. The van der Waals surface area contributed by atoms with Gasteiger partial charge >= 0.3 is 0 Å². The first-order valence-corrected chi connectivity index (χ1v) is 7.18. The molecule has 1 atom stereocenters. The third kappa shape index (κ3) is 3.21. The maximum Gasteiger partial charge on any atom is 0.261 e. The third-order valence-corrected chi connectivity index (χ3v) is 3.70. The molecule has 0 aliphatic carbocycles. The van der Waals surface area contributed by atoms with Crippen molar-refractivity contribution in [2.75, 3.05) is 13.2 Å². The first-order chi connectivity index (χ1) is 10.7. The second-order valence-electron chi connectivity index (χ2n) is 5.12.